The van der Waals surface area contributed by atoms with Crippen molar-refractivity contribution in [3.8, 4) is 0 Å². The molecule has 1 heterocycles. The Kier molecular flexibility index (Phi) is 4.70. The molecule has 17 heavy (non-hydrogen) atoms. The maximum Gasteiger partial charge on any atom is 0.332 e. The zero-order chi connectivity index (χ0) is 12.8. The van der Waals surface area contributed by atoms with E-state index in [1.165, 1.54) is 0 Å². The third-order valence-electron chi connectivity index (χ3n) is 2.30. The van der Waals surface area contributed by atoms with Gasteiger partial charge in [0.1, 0.15) is 0 Å². The van der Waals surface area contributed by atoms with Crippen molar-refractivity contribution in [2.75, 3.05) is 13.1 Å². The van der Waals surface area contributed by atoms with Gasteiger partial charge in [0, 0.05) is 6.54 Å². The van der Waals surface area contributed by atoms with Gasteiger partial charge in [0.05, 0.1) is 12.6 Å². The van der Waals surface area contributed by atoms with Crippen LogP contribution >= 0.6 is 0 Å². The van der Waals surface area contributed by atoms with Crippen LogP contribution in [0.5, 0.6) is 0 Å². The average molecular weight is 245 g/mol. The van der Waals surface area contributed by atoms with Crippen LogP contribution < -0.4 is 16.4 Å². The molecular weight excluding hydrogens is 230 g/mol. The molecule has 0 aromatic heterocycles. The number of carbonyl (C=O) groups excluding carboxylic acids is 2. The molecular formula is C9H15N3O5. The highest BCUT2D eigenvalue weighted by Crippen LogP contribution is 2.18. The molecule has 0 spiro atoms. The number of ether oxygens (including phenoxy) is 1. The molecule has 0 aliphatic carbocycles. The number of amides is 3. The fourth-order valence-electron chi connectivity index (χ4n) is 1.47. The Balaban J connectivity index is 2.17. The third-order valence-corrected chi connectivity index (χ3v) is 2.30. The minimum absolute atomic E-state index is 0.203. The summed E-state index contributed by atoms with van der Waals surface area (Å²) in [5.74, 6) is -1.63. The summed E-state index contributed by atoms with van der Waals surface area (Å²) >= 11 is 0. The fourth-order valence-corrected chi connectivity index (χ4v) is 1.47. The summed E-state index contributed by atoms with van der Waals surface area (Å²) in [6, 6.07) is -0.536. The van der Waals surface area contributed by atoms with Crippen LogP contribution in [-0.2, 0) is 14.3 Å². The summed E-state index contributed by atoms with van der Waals surface area (Å²) in [4.78, 5) is 32.1. The topological polar surface area (TPSA) is 131 Å². The van der Waals surface area contributed by atoms with E-state index < -0.39 is 24.0 Å². The monoisotopic (exact) mass is 245 g/mol. The lowest BCUT2D eigenvalue weighted by atomic mass is 10.2. The SMILES string of the molecule is NC(=O)CNC(=O)NCC1CCC(C(=O)O)O1. The Morgan fingerprint density at radius 3 is 2.53 bits per heavy atom. The second-order valence-corrected chi connectivity index (χ2v) is 3.69. The number of hydrogen-bond donors (Lipinski definition) is 4. The first-order chi connectivity index (χ1) is 7.99. The van der Waals surface area contributed by atoms with Crippen LogP contribution in [0.1, 0.15) is 12.8 Å². The van der Waals surface area contributed by atoms with Crippen molar-refractivity contribution in [1.29, 1.82) is 0 Å². The van der Waals surface area contributed by atoms with Gasteiger partial charge in [0.2, 0.25) is 5.91 Å². The van der Waals surface area contributed by atoms with Gasteiger partial charge in [0.15, 0.2) is 6.10 Å². The summed E-state index contributed by atoms with van der Waals surface area (Å²) in [6.07, 6.45) is -0.0941. The molecule has 0 bridgehead atoms. The molecule has 2 atom stereocenters. The van der Waals surface area contributed by atoms with Crippen molar-refractivity contribution in [3.05, 3.63) is 0 Å². The van der Waals surface area contributed by atoms with E-state index in [9.17, 15) is 14.4 Å². The lowest BCUT2D eigenvalue weighted by molar-refractivity contribution is -0.149. The van der Waals surface area contributed by atoms with Crippen LogP contribution in [0.15, 0.2) is 0 Å². The Morgan fingerprint density at radius 1 is 1.29 bits per heavy atom. The molecule has 96 valence electrons. The Bertz CT molecular complexity index is 320. The number of hydrogen-bond acceptors (Lipinski definition) is 4. The van der Waals surface area contributed by atoms with E-state index in [1.54, 1.807) is 0 Å². The van der Waals surface area contributed by atoms with E-state index in [0.29, 0.717) is 12.8 Å². The van der Waals surface area contributed by atoms with Gasteiger partial charge in [-0.05, 0) is 12.8 Å². The lowest BCUT2D eigenvalue weighted by Crippen LogP contribution is -2.43. The van der Waals surface area contributed by atoms with Gasteiger partial charge in [0.25, 0.3) is 0 Å². The molecule has 2 unspecified atom stereocenters. The van der Waals surface area contributed by atoms with Crippen molar-refractivity contribution in [3.63, 3.8) is 0 Å². The van der Waals surface area contributed by atoms with Crippen molar-refractivity contribution in [2.45, 2.75) is 25.0 Å². The van der Waals surface area contributed by atoms with Crippen molar-refractivity contribution in [2.24, 2.45) is 5.73 Å². The van der Waals surface area contributed by atoms with E-state index in [2.05, 4.69) is 10.6 Å². The van der Waals surface area contributed by atoms with Gasteiger partial charge in [-0.2, -0.15) is 0 Å². The van der Waals surface area contributed by atoms with Gasteiger partial charge in [-0.25, -0.2) is 9.59 Å². The minimum Gasteiger partial charge on any atom is -0.479 e. The first-order valence-corrected chi connectivity index (χ1v) is 5.17. The quantitative estimate of drug-likeness (QED) is 0.463. The molecule has 1 saturated heterocycles. The van der Waals surface area contributed by atoms with Crippen LogP contribution in [0, 0.1) is 0 Å². The van der Waals surface area contributed by atoms with E-state index in [-0.39, 0.29) is 19.2 Å². The molecule has 0 saturated carbocycles. The van der Waals surface area contributed by atoms with Gasteiger partial charge in [-0.15, -0.1) is 0 Å². The normalized spacial score (nSPS) is 23.1. The number of nitrogens with two attached hydrogens (primary N) is 1. The number of aliphatic carboxylic acids is 1. The molecule has 0 aromatic carbocycles. The fraction of sp³-hybridized carbons (Fsp3) is 0.667. The smallest absolute Gasteiger partial charge is 0.332 e. The zero-order valence-corrected chi connectivity index (χ0v) is 9.14. The molecule has 3 amide bonds. The molecule has 1 fully saturated rings. The first-order valence-electron chi connectivity index (χ1n) is 5.17. The molecule has 1 rings (SSSR count). The van der Waals surface area contributed by atoms with Crippen molar-refractivity contribution >= 4 is 17.9 Å². The Hall–Kier alpha value is -1.83. The predicted molar refractivity (Wildman–Crippen MR) is 56.1 cm³/mol. The number of carbonyl (C=O) groups is 3. The Morgan fingerprint density at radius 2 is 2.00 bits per heavy atom. The number of urea groups is 1. The van der Waals surface area contributed by atoms with E-state index in [1.807, 2.05) is 0 Å². The van der Waals surface area contributed by atoms with Crippen LogP contribution in [0.3, 0.4) is 0 Å². The van der Waals surface area contributed by atoms with Gasteiger partial charge < -0.3 is 26.2 Å². The van der Waals surface area contributed by atoms with Gasteiger partial charge in [-0.1, -0.05) is 0 Å². The summed E-state index contributed by atoms with van der Waals surface area (Å²) in [5.41, 5.74) is 4.84. The van der Waals surface area contributed by atoms with Crippen molar-refractivity contribution in [1.82, 2.24) is 10.6 Å². The predicted octanol–water partition coefficient (Wildman–Crippen LogP) is -1.60. The number of primary amides is 1. The largest absolute Gasteiger partial charge is 0.479 e. The van der Waals surface area contributed by atoms with Gasteiger partial charge in [-0.3, -0.25) is 4.79 Å². The average Bonchev–Trinajstić information content (AvgIpc) is 2.72. The molecule has 5 N–H and O–H groups in total. The molecule has 1 aliphatic rings. The third kappa shape index (κ3) is 4.68. The van der Waals surface area contributed by atoms with E-state index in [0.717, 1.165) is 0 Å². The number of carboxylic acids is 1. The van der Waals surface area contributed by atoms with Crippen LogP contribution in [0.2, 0.25) is 0 Å². The molecule has 8 heteroatoms. The maximum atomic E-state index is 11.1. The number of carboxylic acid groups (broad SMARTS) is 1. The van der Waals surface area contributed by atoms with Crippen LogP contribution in [-0.4, -0.2) is 48.3 Å². The zero-order valence-electron chi connectivity index (χ0n) is 9.14. The lowest BCUT2D eigenvalue weighted by Gasteiger charge is -2.12. The second-order valence-electron chi connectivity index (χ2n) is 3.69. The molecule has 1 aliphatic heterocycles. The van der Waals surface area contributed by atoms with Crippen LogP contribution in [0.4, 0.5) is 4.79 Å². The number of rotatable bonds is 5. The highest BCUT2D eigenvalue weighted by molar-refractivity contribution is 5.82. The maximum absolute atomic E-state index is 11.1. The first kappa shape index (κ1) is 13.2. The molecule has 8 nitrogen and oxygen atoms in total. The summed E-state index contributed by atoms with van der Waals surface area (Å²) in [7, 11) is 0. The number of nitrogens with one attached hydrogen (secondary N) is 2. The van der Waals surface area contributed by atoms with Crippen molar-refractivity contribution < 1.29 is 24.2 Å². The van der Waals surface area contributed by atoms with Gasteiger partial charge >= 0.3 is 12.0 Å². The highest BCUT2D eigenvalue weighted by atomic mass is 16.5. The van der Waals surface area contributed by atoms with Crippen LogP contribution in [0.25, 0.3) is 0 Å². The summed E-state index contributed by atoms with van der Waals surface area (Å²) in [5, 5.41) is 13.4. The Labute approximate surface area is 97.5 Å². The summed E-state index contributed by atoms with van der Waals surface area (Å²) < 4.78 is 5.17. The minimum atomic E-state index is -0.995. The summed E-state index contributed by atoms with van der Waals surface area (Å²) in [6.45, 7) is -0.0382. The molecule has 0 radical (unpaired) electrons. The molecule has 0 aromatic rings. The second kappa shape index (κ2) is 6.04. The van der Waals surface area contributed by atoms with E-state index >= 15 is 0 Å². The van der Waals surface area contributed by atoms with E-state index in [4.69, 9.17) is 15.6 Å². The standard InChI is InChI=1S/C9H15N3O5/c10-7(13)4-12-9(16)11-3-5-1-2-6(17-5)8(14)15/h5-6H,1-4H2,(H2,10,13)(H,14,15)(H2,11,12,16). The highest BCUT2D eigenvalue weighted by Gasteiger charge is 2.30.